The van der Waals surface area contributed by atoms with E-state index in [-0.39, 0.29) is 0 Å². The van der Waals surface area contributed by atoms with Crippen molar-refractivity contribution in [3.05, 3.63) is 40.4 Å². The fourth-order valence-electron chi connectivity index (χ4n) is 2.43. The van der Waals surface area contributed by atoms with Crippen LogP contribution in [0.15, 0.2) is 23.7 Å². The number of benzene rings is 1. The summed E-state index contributed by atoms with van der Waals surface area (Å²) < 4.78 is 12.1. The van der Waals surface area contributed by atoms with E-state index in [0.29, 0.717) is 12.1 Å². The van der Waals surface area contributed by atoms with E-state index in [2.05, 4.69) is 0 Å². The third-order valence-electron chi connectivity index (χ3n) is 4.40. The van der Waals surface area contributed by atoms with Gasteiger partial charge < -0.3 is 15.0 Å². The molecule has 0 spiro atoms. The zero-order valence-corrected chi connectivity index (χ0v) is 14.0. The van der Waals surface area contributed by atoms with Gasteiger partial charge in [0, 0.05) is 12.1 Å². The quantitative estimate of drug-likeness (QED) is 0.686. The molecule has 1 aliphatic heterocycles. The molecule has 0 unspecified atom stereocenters. The molecule has 1 saturated heterocycles. The molecule has 118 valence electrons. The third kappa shape index (κ3) is 3.32. The van der Waals surface area contributed by atoms with Crippen LogP contribution in [-0.2, 0) is 9.31 Å². The first-order valence-corrected chi connectivity index (χ1v) is 7.51. The average molecular weight is 301 g/mol. The molecule has 1 fully saturated rings. The average Bonchev–Trinajstić information content (AvgIpc) is 2.64. The van der Waals surface area contributed by atoms with E-state index in [1.807, 2.05) is 58.9 Å². The number of nitrogens with two attached hydrogens (primary N) is 1. The highest BCUT2D eigenvalue weighted by Crippen LogP contribution is 2.38. The van der Waals surface area contributed by atoms with Crippen molar-refractivity contribution in [3.8, 4) is 0 Å². The minimum atomic E-state index is -0.463. The zero-order valence-electron chi connectivity index (χ0n) is 14.0. The van der Waals surface area contributed by atoms with Gasteiger partial charge in [-0.25, -0.2) is 0 Å². The Kier molecular flexibility index (Phi) is 4.61. The molecule has 0 aromatic heterocycles. The fraction of sp³-hybridized carbons (Fsp3) is 0.471. The molecule has 5 heteroatoms. The van der Waals surface area contributed by atoms with Crippen molar-refractivity contribution in [2.75, 3.05) is 6.54 Å². The van der Waals surface area contributed by atoms with E-state index in [9.17, 15) is 4.79 Å². The van der Waals surface area contributed by atoms with Gasteiger partial charge in [-0.2, -0.15) is 0 Å². The number of carbonyl (C=O) groups is 1. The topological polar surface area (TPSA) is 61.6 Å². The van der Waals surface area contributed by atoms with Crippen molar-refractivity contribution in [1.82, 2.24) is 0 Å². The molecule has 0 aliphatic carbocycles. The van der Waals surface area contributed by atoms with Crippen LogP contribution in [0.3, 0.4) is 0 Å². The van der Waals surface area contributed by atoms with Gasteiger partial charge >= 0.3 is 7.12 Å². The van der Waals surface area contributed by atoms with Gasteiger partial charge in [-0.1, -0.05) is 12.1 Å². The number of hydrogen-bond donors (Lipinski definition) is 1. The molecule has 4 nitrogen and oxygen atoms in total. The lowest BCUT2D eigenvalue weighted by atomic mass is 9.77. The summed E-state index contributed by atoms with van der Waals surface area (Å²) in [7, 11) is -0.463. The zero-order chi connectivity index (χ0) is 16.5. The van der Waals surface area contributed by atoms with E-state index in [1.54, 1.807) is 0 Å². The first-order chi connectivity index (χ1) is 10.2. The summed E-state index contributed by atoms with van der Waals surface area (Å²) in [5.41, 5.74) is 8.56. The van der Waals surface area contributed by atoms with E-state index in [0.717, 1.165) is 22.9 Å². The summed E-state index contributed by atoms with van der Waals surface area (Å²) in [5, 5.41) is 0. The molecule has 0 amide bonds. The van der Waals surface area contributed by atoms with Gasteiger partial charge in [-0.15, -0.1) is 0 Å². The third-order valence-corrected chi connectivity index (χ3v) is 4.40. The van der Waals surface area contributed by atoms with Crippen molar-refractivity contribution in [3.63, 3.8) is 0 Å². The lowest BCUT2D eigenvalue weighted by molar-refractivity contribution is 0.00578. The highest BCUT2D eigenvalue weighted by Gasteiger charge is 2.52. The number of rotatable bonds is 4. The maximum atomic E-state index is 11.0. The van der Waals surface area contributed by atoms with Crippen molar-refractivity contribution in [1.29, 1.82) is 0 Å². The van der Waals surface area contributed by atoms with Crippen LogP contribution in [0.25, 0.3) is 6.08 Å². The van der Waals surface area contributed by atoms with Gasteiger partial charge in [0.2, 0.25) is 0 Å². The smallest absolute Gasteiger partial charge is 0.400 e. The molecular weight excluding hydrogens is 277 g/mol. The van der Waals surface area contributed by atoms with Crippen LogP contribution in [0.5, 0.6) is 0 Å². The van der Waals surface area contributed by atoms with Crippen LogP contribution < -0.4 is 5.73 Å². The molecule has 0 atom stereocenters. The summed E-state index contributed by atoms with van der Waals surface area (Å²) >= 11 is 0. The first kappa shape index (κ1) is 16.9. The van der Waals surface area contributed by atoms with Crippen LogP contribution in [0, 0.1) is 6.92 Å². The van der Waals surface area contributed by atoms with Gasteiger partial charge in [-0.3, -0.25) is 4.79 Å². The van der Waals surface area contributed by atoms with Crippen molar-refractivity contribution in [2.45, 2.75) is 45.8 Å². The highest BCUT2D eigenvalue weighted by molar-refractivity contribution is 6.55. The summed E-state index contributed by atoms with van der Waals surface area (Å²) in [6.45, 7) is 10.3. The van der Waals surface area contributed by atoms with Crippen LogP contribution in [0.2, 0.25) is 0 Å². The monoisotopic (exact) mass is 301 g/mol. The Bertz CT molecular complexity index is 592. The fourth-order valence-corrected chi connectivity index (χ4v) is 2.43. The second-order valence-electron chi connectivity index (χ2n) is 6.81. The van der Waals surface area contributed by atoms with Crippen LogP contribution in [0.4, 0.5) is 0 Å². The Labute approximate surface area is 132 Å². The molecule has 1 aromatic carbocycles. The molecule has 1 aromatic rings. The van der Waals surface area contributed by atoms with Gasteiger partial charge in [0.15, 0.2) is 0 Å². The molecule has 0 radical (unpaired) electrons. The summed E-state index contributed by atoms with van der Waals surface area (Å²) in [5.74, 6) is 0. The number of hydrogen-bond acceptors (Lipinski definition) is 4. The largest absolute Gasteiger partial charge is 0.491 e. The van der Waals surface area contributed by atoms with E-state index in [1.165, 1.54) is 0 Å². The van der Waals surface area contributed by atoms with Crippen molar-refractivity contribution >= 4 is 19.5 Å². The maximum Gasteiger partial charge on any atom is 0.491 e. The summed E-state index contributed by atoms with van der Waals surface area (Å²) in [4.78, 5) is 11.0. The Morgan fingerprint density at radius 3 is 2.18 bits per heavy atom. The molecular formula is C17H24BNO3. The molecule has 0 bridgehead atoms. The van der Waals surface area contributed by atoms with E-state index >= 15 is 0 Å². The van der Waals surface area contributed by atoms with Crippen molar-refractivity contribution in [2.24, 2.45) is 5.73 Å². The van der Waals surface area contributed by atoms with E-state index in [4.69, 9.17) is 15.0 Å². The van der Waals surface area contributed by atoms with Crippen LogP contribution >= 0.6 is 0 Å². The molecule has 0 saturated carbocycles. The number of carbonyl (C=O) groups excluding carboxylic acids is 1. The molecule has 1 heterocycles. The second kappa shape index (κ2) is 5.99. The van der Waals surface area contributed by atoms with E-state index < -0.39 is 18.3 Å². The SMILES string of the molecule is Cc1cc(C=O)cc(C=C(CN)B2OC(C)(C)C(C)(C)O2)c1. The molecule has 2 N–H and O–H groups in total. The molecule has 22 heavy (non-hydrogen) atoms. The second-order valence-corrected chi connectivity index (χ2v) is 6.81. The van der Waals surface area contributed by atoms with Gasteiger partial charge in [0.05, 0.1) is 11.2 Å². The minimum absolute atomic E-state index is 0.335. The Balaban J connectivity index is 2.33. The normalized spacial score (nSPS) is 20.3. The Morgan fingerprint density at radius 2 is 1.68 bits per heavy atom. The van der Waals surface area contributed by atoms with Gasteiger partial charge in [0.25, 0.3) is 0 Å². The standard InChI is InChI=1S/C17H24BNO3/c1-12-6-13(8-14(7-12)11-20)9-15(10-19)18-21-16(2,3)17(4,5)22-18/h6-9,11H,10,19H2,1-5H3. The Morgan fingerprint density at radius 1 is 1.14 bits per heavy atom. The predicted octanol–water partition coefficient (Wildman–Crippen LogP) is 2.78. The summed E-state index contributed by atoms with van der Waals surface area (Å²) in [6, 6.07) is 5.69. The van der Waals surface area contributed by atoms with Gasteiger partial charge in [0.1, 0.15) is 6.29 Å². The lowest BCUT2D eigenvalue weighted by Crippen LogP contribution is -2.41. The molecule has 1 aliphatic rings. The number of aryl methyl sites for hydroxylation is 1. The number of aldehydes is 1. The first-order valence-electron chi connectivity index (χ1n) is 7.51. The summed E-state index contributed by atoms with van der Waals surface area (Å²) in [6.07, 6.45) is 2.80. The minimum Gasteiger partial charge on any atom is -0.400 e. The molecule has 2 rings (SSSR count). The highest BCUT2D eigenvalue weighted by atomic mass is 16.7. The van der Waals surface area contributed by atoms with Gasteiger partial charge in [-0.05, 0) is 63.4 Å². The van der Waals surface area contributed by atoms with Crippen LogP contribution in [0.1, 0.15) is 49.2 Å². The lowest BCUT2D eigenvalue weighted by Gasteiger charge is -2.32. The Hall–Kier alpha value is -1.43. The van der Waals surface area contributed by atoms with Crippen LogP contribution in [-0.4, -0.2) is 31.2 Å². The van der Waals surface area contributed by atoms with Crippen molar-refractivity contribution < 1.29 is 14.1 Å². The maximum absolute atomic E-state index is 11.0. The predicted molar refractivity (Wildman–Crippen MR) is 89.7 cm³/mol.